The highest BCUT2D eigenvalue weighted by Gasteiger charge is 2.20. The predicted molar refractivity (Wildman–Crippen MR) is 49.1 cm³/mol. The zero-order chi connectivity index (χ0) is 9.26. The molecule has 0 aliphatic heterocycles. The SMILES string of the molecule is Nc1ncc(CNC2CC2)c(=O)[nH]1. The first kappa shape index (κ1) is 8.25. The number of nitrogen functional groups attached to an aromatic ring is 1. The van der Waals surface area contributed by atoms with Crippen molar-refractivity contribution in [2.24, 2.45) is 0 Å². The number of hydrogen-bond donors (Lipinski definition) is 3. The number of nitrogens with two attached hydrogens (primary N) is 1. The summed E-state index contributed by atoms with van der Waals surface area (Å²) < 4.78 is 0. The topological polar surface area (TPSA) is 83.8 Å². The molecule has 0 bridgehead atoms. The van der Waals surface area contributed by atoms with E-state index in [-0.39, 0.29) is 11.5 Å². The molecule has 1 aliphatic carbocycles. The van der Waals surface area contributed by atoms with Crippen LogP contribution < -0.4 is 16.6 Å². The number of rotatable bonds is 3. The number of nitrogens with one attached hydrogen (secondary N) is 2. The Kier molecular flexibility index (Phi) is 2.02. The van der Waals surface area contributed by atoms with Crippen LogP contribution in [0.4, 0.5) is 5.95 Å². The van der Waals surface area contributed by atoms with Crippen LogP contribution in [0.1, 0.15) is 18.4 Å². The van der Waals surface area contributed by atoms with Crippen molar-refractivity contribution >= 4 is 5.95 Å². The summed E-state index contributed by atoms with van der Waals surface area (Å²) in [5.74, 6) is 0.167. The van der Waals surface area contributed by atoms with Gasteiger partial charge in [-0.2, -0.15) is 0 Å². The van der Waals surface area contributed by atoms with Crippen LogP contribution in [0.15, 0.2) is 11.0 Å². The molecular formula is C8H12N4O. The maximum Gasteiger partial charge on any atom is 0.256 e. The quantitative estimate of drug-likeness (QED) is 0.591. The molecule has 13 heavy (non-hydrogen) atoms. The molecular weight excluding hydrogens is 168 g/mol. The van der Waals surface area contributed by atoms with Crippen LogP contribution in [0.3, 0.4) is 0 Å². The van der Waals surface area contributed by atoms with E-state index in [1.54, 1.807) is 0 Å². The molecule has 0 atom stereocenters. The summed E-state index contributed by atoms with van der Waals surface area (Å²) in [6.45, 7) is 0.577. The fraction of sp³-hybridized carbons (Fsp3) is 0.500. The molecule has 1 aromatic rings. The van der Waals surface area contributed by atoms with Crippen molar-refractivity contribution in [3.8, 4) is 0 Å². The molecule has 70 valence electrons. The molecule has 2 rings (SSSR count). The van der Waals surface area contributed by atoms with Crippen LogP contribution >= 0.6 is 0 Å². The molecule has 1 fully saturated rings. The van der Waals surface area contributed by atoms with Crippen molar-refractivity contribution in [1.29, 1.82) is 0 Å². The zero-order valence-electron chi connectivity index (χ0n) is 7.21. The van der Waals surface area contributed by atoms with E-state index in [0.29, 0.717) is 18.2 Å². The van der Waals surface area contributed by atoms with E-state index in [9.17, 15) is 4.79 Å². The number of aromatic nitrogens is 2. The van der Waals surface area contributed by atoms with Gasteiger partial charge in [-0.1, -0.05) is 0 Å². The van der Waals surface area contributed by atoms with Gasteiger partial charge in [-0.05, 0) is 12.8 Å². The summed E-state index contributed by atoms with van der Waals surface area (Å²) in [7, 11) is 0. The summed E-state index contributed by atoms with van der Waals surface area (Å²) in [4.78, 5) is 17.5. The van der Waals surface area contributed by atoms with E-state index in [1.807, 2.05) is 0 Å². The average Bonchev–Trinajstić information content (AvgIpc) is 2.86. The highest BCUT2D eigenvalue weighted by Crippen LogP contribution is 2.18. The Bertz CT molecular complexity index is 355. The van der Waals surface area contributed by atoms with E-state index in [1.165, 1.54) is 19.0 Å². The first-order valence-electron chi connectivity index (χ1n) is 4.33. The molecule has 5 nitrogen and oxygen atoms in total. The van der Waals surface area contributed by atoms with Gasteiger partial charge in [0.2, 0.25) is 0 Å². The zero-order valence-corrected chi connectivity index (χ0v) is 7.21. The Labute approximate surface area is 75.4 Å². The van der Waals surface area contributed by atoms with E-state index >= 15 is 0 Å². The molecule has 0 spiro atoms. The monoisotopic (exact) mass is 180 g/mol. The molecule has 1 heterocycles. The Morgan fingerprint density at radius 2 is 2.46 bits per heavy atom. The van der Waals surface area contributed by atoms with Crippen LogP contribution in [0.25, 0.3) is 0 Å². The second kappa shape index (κ2) is 3.18. The number of nitrogens with zero attached hydrogens (tertiary/aromatic N) is 1. The fourth-order valence-electron chi connectivity index (χ4n) is 1.10. The van der Waals surface area contributed by atoms with Crippen molar-refractivity contribution in [3.05, 3.63) is 22.1 Å². The maximum atomic E-state index is 11.3. The van der Waals surface area contributed by atoms with Gasteiger partial charge in [-0.25, -0.2) is 4.98 Å². The van der Waals surface area contributed by atoms with Crippen LogP contribution in [0, 0.1) is 0 Å². The molecule has 0 unspecified atom stereocenters. The Hall–Kier alpha value is -1.36. The summed E-state index contributed by atoms with van der Waals surface area (Å²) in [5, 5.41) is 3.23. The van der Waals surface area contributed by atoms with Crippen molar-refractivity contribution in [2.45, 2.75) is 25.4 Å². The smallest absolute Gasteiger partial charge is 0.256 e. The number of aromatic amines is 1. The third-order valence-electron chi connectivity index (χ3n) is 2.05. The minimum atomic E-state index is -0.152. The van der Waals surface area contributed by atoms with Crippen molar-refractivity contribution < 1.29 is 0 Å². The van der Waals surface area contributed by atoms with Gasteiger partial charge in [-0.3, -0.25) is 9.78 Å². The molecule has 0 saturated heterocycles. The molecule has 4 N–H and O–H groups in total. The molecule has 0 radical (unpaired) electrons. The van der Waals surface area contributed by atoms with E-state index in [4.69, 9.17) is 5.73 Å². The number of anilines is 1. The minimum Gasteiger partial charge on any atom is -0.369 e. The normalized spacial score (nSPS) is 16.0. The van der Waals surface area contributed by atoms with E-state index in [2.05, 4.69) is 15.3 Å². The third-order valence-corrected chi connectivity index (χ3v) is 2.05. The standard InChI is InChI=1S/C8H12N4O/c9-8-11-4-5(7(13)12-8)3-10-6-1-2-6/h4,6,10H,1-3H2,(H3,9,11,12,13). The van der Waals surface area contributed by atoms with Gasteiger partial charge in [0.1, 0.15) is 0 Å². The Morgan fingerprint density at radius 1 is 1.69 bits per heavy atom. The van der Waals surface area contributed by atoms with Gasteiger partial charge in [0.25, 0.3) is 5.56 Å². The maximum absolute atomic E-state index is 11.3. The lowest BCUT2D eigenvalue weighted by atomic mass is 10.3. The molecule has 1 aliphatic rings. The van der Waals surface area contributed by atoms with Crippen molar-refractivity contribution in [2.75, 3.05) is 5.73 Å². The number of H-pyrrole nitrogens is 1. The number of hydrogen-bond acceptors (Lipinski definition) is 4. The third kappa shape index (κ3) is 2.06. The Balaban J connectivity index is 2.06. The highest BCUT2D eigenvalue weighted by molar-refractivity contribution is 5.17. The second-order valence-corrected chi connectivity index (χ2v) is 3.28. The Morgan fingerprint density at radius 3 is 3.08 bits per heavy atom. The van der Waals surface area contributed by atoms with Crippen LogP contribution in [-0.2, 0) is 6.54 Å². The second-order valence-electron chi connectivity index (χ2n) is 3.28. The minimum absolute atomic E-state index is 0.152. The summed E-state index contributed by atoms with van der Waals surface area (Å²) >= 11 is 0. The molecule has 1 saturated carbocycles. The van der Waals surface area contributed by atoms with Gasteiger partial charge in [0.15, 0.2) is 5.95 Å². The average molecular weight is 180 g/mol. The lowest BCUT2D eigenvalue weighted by Crippen LogP contribution is -2.23. The van der Waals surface area contributed by atoms with Gasteiger partial charge >= 0.3 is 0 Å². The van der Waals surface area contributed by atoms with Crippen LogP contribution in [0.5, 0.6) is 0 Å². The van der Waals surface area contributed by atoms with Crippen molar-refractivity contribution in [3.63, 3.8) is 0 Å². The van der Waals surface area contributed by atoms with Crippen molar-refractivity contribution in [1.82, 2.24) is 15.3 Å². The first-order valence-corrected chi connectivity index (χ1v) is 4.33. The molecule has 0 aromatic carbocycles. The molecule has 5 heteroatoms. The van der Waals surface area contributed by atoms with Crippen LogP contribution in [-0.4, -0.2) is 16.0 Å². The summed E-state index contributed by atoms with van der Waals surface area (Å²) in [5.41, 5.74) is 5.80. The van der Waals surface area contributed by atoms with Gasteiger partial charge in [0.05, 0.1) is 0 Å². The van der Waals surface area contributed by atoms with Crippen LogP contribution in [0.2, 0.25) is 0 Å². The largest absolute Gasteiger partial charge is 0.369 e. The van der Waals surface area contributed by atoms with Gasteiger partial charge in [0, 0.05) is 24.3 Å². The van der Waals surface area contributed by atoms with E-state index < -0.39 is 0 Å². The van der Waals surface area contributed by atoms with E-state index in [0.717, 1.165) is 0 Å². The van der Waals surface area contributed by atoms with Gasteiger partial charge < -0.3 is 11.1 Å². The first-order chi connectivity index (χ1) is 6.25. The highest BCUT2D eigenvalue weighted by atomic mass is 16.1. The predicted octanol–water partition coefficient (Wildman–Crippen LogP) is -0.396. The lowest BCUT2D eigenvalue weighted by Gasteiger charge is -2.01. The molecule has 1 aromatic heterocycles. The lowest BCUT2D eigenvalue weighted by molar-refractivity contribution is 0.679. The summed E-state index contributed by atoms with van der Waals surface area (Å²) in [6, 6.07) is 0.594. The molecule has 0 amide bonds. The van der Waals surface area contributed by atoms with Gasteiger partial charge in [-0.15, -0.1) is 0 Å². The summed E-state index contributed by atoms with van der Waals surface area (Å²) in [6.07, 6.45) is 3.93. The fourth-order valence-corrected chi connectivity index (χ4v) is 1.10.